The highest BCUT2D eigenvalue weighted by molar-refractivity contribution is 5.94. The molecule has 9 heteroatoms. The first-order valence-electron chi connectivity index (χ1n) is 9.21. The van der Waals surface area contributed by atoms with Crippen LogP contribution in [-0.4, -0.2) is 47.3 Å². The molecule has 1 aromatic carbocycles. The Hall–Kier alpha value is -3.62. The van der Waals surface area contributed by atoms with Gasteiger partial charge in [-0.15, -0.1) is 15.3 Å². The largest absolute Gasteiger partial charge is 0.352 e. The Labute approximate surface area is 161 Å². The van der Waals surface area contributed by atoms with Crippen molar-refractivity contribution >= 4 is 11.6 Å². The van der Waals surface area contributed by atoms with Gasteiger partial charge in [0.1, 0.15) is 12.2 Å². The Balaban J connectivity index is 1.21. The maximum absolute atomic E-state index is 12.3. The van der Waals surface area contributed by atoms with Gasteiger partial charge in [0.25, 0.3) is 5.91 Å². The Morgan fingerprint density at radius 1 is 1.04 bits per heavy atom. The summed E-state index contributed by atoms with van der Waals surface area (Å²) < 4.78 is 3.53. The van der Waals surface area contributed by atoms with Crippen LogP contribution in [0.5, 0.6) is 0 Å². The first-order chi connectivity index (χ1) is 13.8. The van der Waals surface area contributed by atoms with Crippen molar-refractivity contribution in [2.24, 2.45) is 0 Å². The molecular formula is C19H20N8O. The third kappa shape index (κ3) is 4.03. The van der Waals surface area contributed by atoms with E-state index in [0.29, 0.717) is 12.1 Å². The third-order valence-electron chi connectivity index (χ3n) is 4.47. The molecule has 142 valence electrons. The molecule has 3 heterocycles. The monoisotopic (exact) mass is 376 g/mol. The molecule has 0 unspecified atom stereocenters. The molecule has 0 fully saturated rings. The zero-order chi connectivity index (χ0) is 19.2. The predicted octanol–water partition coefficient (Wildman–Crippen LogP) is 1.85. The van der Waals surface area contributed by atoms with Gasteiger partial charge in [0.2, 0.25) is 0 Å². The molecule has 0 spiro atoms. The number of pyridine rings is 1. The fourth-order valence-electron chi connectivity index (χ4n) is 3.02. The lowest BCUT2D eigenvalue weighted by molar-refractivity contribution is 0.0953. The first kappa shape index (κ1) is 17.8. The smallest absolute Gasteiger partial charge is 0.251 e. The van der Waals surface area contributed by atoms with Crippen LogP contribution >= 0.6 is 0 Å². The maximum Gasteiger partial charge on any atom is 0.251 e. The molecule has 1 N–H and O–H groups in total. The van der Waals surface area contributed by atoms with Gasteiger partial charge in [-0.05, 0) is 53.6 Å². The summed E-state index contributed by atoms with van der Waals surface area (Å²) in [6, 6.07) is 13.1. The van der Waals surface area contributed by atoms with E-state index in [2.05, 4.69) is 31.0 Å². The lowest BCUT2D eigenvalue weighted by Gasteiger charge is -2.07. The SMILES string of the molecule is O=C(NCCCCCc1nnc2ccccn12)c1cccc(-n2cnnn2)c1. The number of hydrogen-bond donors (Lipinski definition) is 1. The van der Waals surface area contributed by atoms with Crippen LogP contribution in [0.15, 0.2) is 55.0 Å². The Morgan fingerprint density at radius 2 is 2.00 bits per heavy atom. The van der Waals surface area contributed by atoms with Crippen LogP contribution in [0.3, 0.4) is 0 Å². The van der Waals surface area contributed by atoms with Crippen molar-refractivity contribution in [2.45, 2.75) is 25.7 Å². The van der Waals surface area contributed by atoms with Gasteiger partial charge in [-0.25, -0.2) is 4.68 Å². The molecule has 0 aliphatic rings. The normalized spacial score (nSPS) is 11.0. The molecule has 28 heavy (non-hydrogen) atoms. The van der Waals surface area contributed by atoms with Gasteiger partial charge in [0.05, 0.1) is 5.69 Å². The quantitative estimate of drug-likeness (QED) is 0.471. The number of nitrogens with one attached hydrogen (secondary N) is 1. The van der Waals surface area contributed by atoms with Gasteiger partial charge in [-0.2, -0.15) is 0 Å². The number of nitrogens with zero attached hydrogens (tertiary/aromatic N) is 7. The lowest BCUT2D eigenvalue weighted by Crippen LogP contribution is -2.24. The van der Waals surface area contributed by atoms with Crippen LogP contribution < -0.4 is 5.32 Å². The fourth-order valence-corrected chi connectivity index (χ4v) is 3.02. The second-order valence-electron chi connectivity index (χ2n) is 6.42. The number of amides is 1. The Bertz CT molecular complexity index is 1060. The number of aromatic nitrogens is 7. The number of carbonyl (C=O) groups is 1. The van der Waals surface area contributed by atoms with E-state index in [4.69, 9.17) is 0 Å². The number of unbranched alkanes of at least 4 members (excludes halogenated alkanes) is 2. The molecule has 9 nitrogen and oxygen atoms in total. The van der Waals surface area contributed by atoms with Crippen LogP contribution in [0.25, 0.3) is 11.3 Å². The van der Waals surface area contributed by atoms with Gasteiger partial charge in [0, 0.05) is 24.7 Å². The van der Waals surface area contributed by atoms with E-state index < -0.39 is 0 Å². The van der Waals surface area contributed by atoms with Crippen LogP contribution in [-0.2, 0) is 6.42 Å². The average molecular weight is 376 g/mol. The van der Waals surface area contributed by atoms with E-state index in [0.717, 1.165) is 42.8 Å². The minimum absolute atomic E-state index is 0.0987. The van der Waals surface area contributed by atoms with Gasteiger partial charge < -0.3 is 5.32 Å². The highest BCUT2D eigenvalue weighted by Gasteiger charge is 2.08. The molecule has 4 aromatic rings. The van der Waals surface area contributed by atoms with Crippen LogP contribution in [0.1, 0.15) is 35.4 Å². The summed E-state index contributed by atoms with van der Waals surface area (Å²) in [7, 11) is 0. The summed E-state index contributed by atoms with van der Waals surface area (Å²) in [6.07, 6.45) is 7.26. The number of hydrogen-bond acceptors (Lipinski definition) is 6. The van der Waals surface area contributed by atoms with Gasteiger partial charge in [-0.3, -0.25) is 9.20 Å². The summed E-state index contributed by atoms with van der Waals surface area (Å²) in [5.74, 6) is 0.873. The van der Waals surface area contributed by atoms with E-state index in [9.17, 15) is 4.79 Å². The topological polar surface area (TPSA) is 103 Å². The molecule has 3 aromatic heterocycles. The molecule has 1 amide bonds. The van der Waals surface area contributed by atoms with Crippen LogP contribution in [0.2, 0.25) is 0 Å². The Kier molecular flexibility index (Phi) is 5.32. The number of fused-ring (bicyclic) bond motifs is 1. The van der Waals surface area contributed by atoms with Crippen LogP contribution in [0, 0.1) is 0 Å². The molecule has 0 saturated heterocycles. The predicted molar refractivity (Wildman–Crippen MR) is 102 cm³/mol. The zero-order valence-corrected chi connectivity index (χ0v) is 15.3. The van der Waals surface area contributed by atoms with E-state index in [-0.39, 0.29) is 5.91 Å². The van der Waals surface area contributed by atoms with Crippen molar-refractivity contribution in [3.63, 3.8) is 0 Å². The minimum Gasteiger partial charge on any atom is -0.352 e. The molecule has 0 atom stereocenters. The van der Waals surface area contributed by atoms with Crippen molar-refractivity contribution in [2.75, 3.05) is 6.54 Å². The highest BCUT2D eigenvalue weighted by Crippen LogP contribution is 2.10. The number of benzene rings is 1. The van der Waals surface area contributed by atoms with E-state index in [1.165, 1.54) is 11.0 Å². The molecule has 4 rings (SSSR count). The molecule has 0 aliphatic carbocycles. The molecule has 0 bridgehead atoms. The van der Waals surface area contributed by atoms with E-state index >= 15 is 0 Å². The van der Waals surface area contributed by atoms with Gasteiger partial charge >= 0.3 is 0 Å². The molecule has 0 radical (unpaired) electrons. The summed E-state index contributed by atoms with van der Waals surface area (Å²) in [4.78, 5) is 12.3. The molecular weight excluding hydrogens is 356 g/mol. The van der Waals surface area contributed by atoms with Crippen molar-refractivity contribution in [3.8, 4) is 5.69 Å². The summed E-state index contributed by atoms with van der Waals surface area (Å²) in [5, 5.41) is 22.4. The lowest BCUT2D eigenvalue weighted by atomic mass is 10.1. The molecule has 0 saturated carbocycles. The zero-order valence-electron chi connectivity index (χ0n) is 15.3. The second kappa shape index (κ2) is 8.38. The highest BCUT2D eigenvalue weighted by atomic mass is 16.1. The number of aryl methyl sites for hydroxylation is 1. The van der Waals surface area contributed by atoms with E-state index in [1.807, 2.05) is 40.9 Å². The van der Waals surface area contributed by atoms with Crippen LogP contribution in [0.4, 0.5) is 0 Å². The van der Waals surface area contributed by atoms with Gasteiger partial charge in [0.15, 0.2) is 5.65 Å². The number of rotatable bonds is 8. The summed E-state index contributed by atoms with van der Waals surface area (Å²) in [5.41, 5.74) is 2.20. The van der Waals surface area contributed by atoms with Crippen molar-refractivity contribution in [1.82, 2.24) is 40.1 Å². The van der Waals surface area contributed by atoms with Crippen molar-refractivity contribution in [3.05, 3.63) is 66.4 Å². The molecule has 0 aliphatic heterocycles. The second-order valence-corrected chi connectivity index (χ2v) is 6.42. The summed E-state index contributed by atoms with van der Waals surface area (Å²) >= 11 is 0. The standard InChI is InChI=1S/C19H20N8O/c28-19(15-7-6-8-16(13-15)27-14-21-24-25-27)20-11-4-1-2-9-17-22-23-18-10-3-5-12-26(17)18/h3,5-8,10,12-14H,1-2,4,9,11H2,(H,20,28). The van der Waals surface area contributed by atoms with Crippen molar-refractivity contribution in [1.29, 1.82) is 0 Å². The fraction of sp³-hybridized carbons (Fsp3) is 0.263. The maximum atomic E-state index is 12.3. The number of carbonyl (C=O) groups excluding carboxylic acids is 1. The summed E-state index contributed by atoms with van der Waals surface area (Å²) in [6.45, 7) is 0.633. The van der Waals surface area contributed by atoms with E-state index in [1.54, 1.807) is 12.1 Å². The average Bonchev–Trinajstić information content (AvgIpc) is 3.41. The van der Waals surface area contributed by atoms with Gasteiger partial charge in [-0.1, -0.05) is 18.6 Å². The third-order valence-corrected chi connectivity index (χ3v) is 4.47. The number of tetrazole rings is 1. The minimum atomic E-state index is -0.0987. The Morgan fingerprint density at radius 3 is 2.89 bits per heavy atom. The first-order valence-corrected chi connectivity index (χ1v) is 9.21. The van der Waals surface area contributed by atoms with Crippen molar-refractivity contribution < 1.29 is 4.79 Å².